The maximum absolute atomic E-state index is 13.3. The molecule has 3 nitrogen and oxygen atoms in total. The van der Waals surface area contributed by atoms with Crippen molar-refractivity contribution in [1.29, 1.82) is 0 Å². The summed E-state index contributed by atoms with van der Waals surface area (Å²) < 4.78 is 91.1. The first-order valence-electron chi connectivity index (χ1n) is 5.82. The zero-order valence-electron chi connectivity index (χ0n) is 11.0. The molecule has 0 radical (unpaired) electrons. The quantitative estimate of drug-likeness (QED) is 0.384. The van der Waals surface area contributed by atoms with Crippen molar-refractivity contribution in [1.82, 2.24) is 0 Å². The standard InChI is InChI=1S/C13H8F5IO3S/c14-9-3-1-5-11(7-9)19(12-6-2-4-10(15)8-12)22-23(20,21)13(16,17)18/h1-8H. The first-order valence-corrected chi connectivity index (χ1v) is 10.3. The summed E-state index contributed by atoms with van der Waals surface area (Å²) in [6.45, 7) is 0. The molecule has 0 amide bonds. The monoisotopic (exact) mass is 466 g/mol. The Morgan fingerprint density at radius 2 is 1.30 bits per heavy atom. The number of halogens is 6. The molecule has 0 N–H and O–H groups in total. The Hall–Kier alpha value is -1.27. The van der Waals surface area contributed by atoms with E-state index in [1.807, 2.05) is 0 Å². The van der Waals surface area contributed by atoms with Crippen molar-refractivity contribution < 1.29 is 32.9 Å². The SMILES string of the molecule is O=S(=O)(OI(c1cccc(F)c1)c1cccc(F)c1)C(F)(F)F. The van der Waals surface area contributed by atoms with Gasteiger partial charge in [0.05, 0.1) is 0 Å². The van der Waals surface area contributed by atoms with Gasteiger partial charge < -0.3 is 0 Å². The summed E-state index contributed by atoms with van der Waals surface area (Å²) in [5.41, 5.74) is -5.62. The van der Waals surface area contributed by atoms with Crippen LogP contribution in [0.3, 0.4) is 0 Å². The van der Waals surface area contributed by atoms with Crippen LogP contribution in [-0.2, 0) is 12.6 Å². The van der Waals surface area contributed by atoms with Crippen LogP contribution in [-0.4, -0.2) is 13.9 Å². The Morgan fingerprint density at radius 3 is 1.65 bits per heavy atom. The molecule has 0 aromatic heterocycles. The molecule has 0 fully saturated rings. The van der Waals surface area contributed by atoms with Crippen LogP contribution < -0.4 is 0 Å². The van der Waals surface area contributed by atoms with Gasteiger partial charge in [-0.2, -0.15) is 0 Å². The predicted octanol–water partition coefficient (Wildman–Crippen LogP) is 4.29. The second-order valence-corrected chi connectivity index (χ2v) is 10.6. The molecule has 2 rings (SSSR count). The first-order chi connectivity index (χ1) is 10.6. The molecule has 0 saturated heterocycles. The number of hydrogen-bond acceptors (Lipinski definition) is 3. The molecule has 0 aliphatic carbocycles. The molecule has 0 atom stereocenters. The van der Waals surface area contributed by atoms with Gasteiger partial charge in [0.15, 0.2) is 0 Å². The van der Waals surface area contributed by atoms with E-state index in [1.54, 1.807) is 0 Å². The van der Waals surface area contributed by atoms with E-state index in [0.717, 1.165) is 24.3 Å². The van der Waals surface area contributed by atoms with E-state index < -0.39 is 47.5 Å². The summed E-state index contributed by atoms with van der Waals surface area (Å²) >= 11 is -3.73. The molecule has 2 aromatic rings. The van der Waals surface area contributed by atoms with Gasteiger partial charge in [0.25, 0.3) is 0 Å². The molecule has 0 bridgehead atoms. The first kappa shape index (κ1) is 18.1. The normalized spacial score (nSPS) is 13.0. The van der Waals surface area contributed by atoms with Gasteiger partial charge in [-0.05, 0) is 0 Å². The third-order valence-electron chi connectivity index (χ3n) is 2.40. The third-order valence-corrected chi connectivity index (χ3v) is 9.36. The van der Waals surface area contributed by atoms with Crippen LogP contribution in [0.15, 0.2) is 48.5 Å². The molecule has 2 aromatic carbocycles. The second kappa shape index (κ2) is 6.69. The average Bonchev–Trinajstić information content (AvgIpc) is 2.43. The van der Waals surface area contributed by atoms with Crippen molar-refractivity contribution >= 4 is 30.4 Å². The van der Waals surface area contributed by atoms with E-state index in [-0.39, 0.29) is 7.14 Å². The van der Waals surface area contributed by atoms with Crippen LogP contribution in [0.4, 0.5) is 22.0 Å². The van der Waals surface area contributed by atoms with E-state index in [2.05, 4.69) is 2.51 Å². The van der Waals surface area contributed by atoms with Crippen LogP contribution in [0, 0.1) is 18.8 Å². The Kier molecular flexibility index (Phi) is 5.26. The van der Waals surface area contributed by atoms with E-state index in [9.17, 15) is 30.4 Å². The summed E-state index contributed by atoms with van der Waals surface area (Å²) in [5.74, 6) is -1.54. The average molecular weight is 466 g/mol. The van der Waals surface area contributed by atoms with E-state index in [0.29, 0.717) is 0 Å². The Morgan fingerprint density at radius 1 is 0.870 bits per heavy atom. The molecular weight excluding hydrogens is 458 g/mol. The Balaban J connectivity index is 2.53. The van der Waals surface area contributed by atoms with E-state index in [4.69, 9.17) is 0 Å². The molecule has 10 heteroatoms. The van der Waals surface area contributed by atoms with Crippen molar-refractivity contribution in [2.24, 2.45) is 0 Å². The minimum absolute atomic E-state index is 0.0485. The Bertz CT molecular complexity index is 762. The Labute approximate surface area is 136 Å². The van der Waals surface area contributed by atoms with Gasteiger partial charge in [-0.25, -0.2) is 0 Å². The summed E-state index contributed by atoms with van der Waals surface area (Å²) in [5, 5.41) is 0. The van der Waals surface area contributed by atoms with Crippen molar-refractivity contribution in [3.8, 4) is 0 Å². The summed E-state index contributed by atoms with van der Waals surface area (Å²) in [6.07, 6.45) is 0. The number of hydrogen-bond donors (Lipinski definition) is 0. The summed E-state index contributed by atoms with van der Waals surface area (Å²) in [6, 6.07) is 8.73. The zero-order chi connectivity index (χ0) is 17.3. The van der Waals surface area contributed by atoms with Crippen molar-refractivity contribution in [3.05, 3.63) is 67.3 Å². The van der Waals surface area contributed by atoms with Crippen LogP contribution in [0.5, 0.6) is 0 Å². The fourth-order valence-corrected chi connectivity index (χ4v) is 8.06. The molecule has 126 valence electrons. The predicted molar refractivity (Wildman–Crippen MR) is 80.3 cm³/mol. The van der Waals surface area contributed by atoms with Crippen LogP contribution in [0.2, 0.25) is 0 Å². The van der Waals surface area contributed by atoms with Crippen LogP contribution in [0.1, 0.15) is 0 Å². The minimum atomic E-state index is -5.89. The van der Waals surface area contributed by atoms with Gasteiger partial charge in [-0.15, -0.1) is 0 Å². The molecule has 0 heterocycles. The fraction of sp³-hybridized carbons (Fsp3) is 0.0769. The van der Waals surface area contributed by atoms with Gasteiger partial charge in [0, 0.05) is 0 Å². The molecule has 0 aliphatic rings. The van der Waals surface area contributed by atoms with Gasteiger partial charge in [-0.3, -0.25) is 0 Å². The van der Waals surface area contributed by atoms with Gasteiger partial charge in [0.2, 0.25) is 0 Å². The number of benzene rings is 2. The molecule has 0 unspecified atom stereocenters. The molecular formula is C13H8F5IO3S. The van der Waals surface area contributed by atoms with Crippen molar-refractivity contribution in [2.45, 2.75) is 5.51 Å². The number of alkyl halides is 3. The second-order valence-electron chi connectivity index (χ2n) is 4.09. The molecule has 0 saturated carbocycles. The molecule has 0 aliphatic heterocycles. The van der Waals surface area contributed by atoms with E-state index in [1.165, 1.54) is 24.3 Å². The van der Waals surface area contributed by atoms with Gasteiger partial charge in [0.1, 0.15) is 0 Å². The fourth-order valence-electron chi connectivity index (χ4n) is 1.45. The van der Waals surface area contributed by atoms with Crippen LogP contribution >= 0.6 is 20.2 Å². The molecule has 0 spiro atoms. The van der Waals surface area contributed by atoms with Crippen molar-refractivity contribution in [3.63, 3.8) is 0 Å². The summed E-state index contributed by atoms with van der Waals surface area (Å²) in [7, 11) is -5.89. The van der Waals surface area contributed by atoms with Gasteiger partial charge >= 0.3 is 136 Å². The summed E-state index contributed by atoms with van der Waals surface area (Å²) in [4.78, 5) is 0. The molecule has 23 heavy (non-hydrogen) atoms. The van der Waals surface area contributed by atoms with Gasteiger partial charge in [-0.1, -0.05) is 0 Å². The number of rotatable bonds is 4. The third kappa shape index (κ3) is 4.38. The maximum atomic E-state index is 13.3. The van der Waals surface area contributed by atoms with E-state index >= 15 is 0 Å². The van der Waals surface area contributed by atoms with Crippen molar-refractivity contribution in [2.75, 3.05) is 0 Å². The van der Waals surface area contributed by atoms with Crippen LogP contribution in [0.25, 0.3) is 0 Å². The topological polar surface area (TPSA) is 43.4 Å². The zero-order valence-corrected chi connectivity index (χ0v) is 14.0.